The molecule has 0 aromatic rings. The lowest BCUT2D eigenvalue weighted by atomic mass is 10.1. The first kappa shape index (κ1) is 12.2. The van der Waals surface area contributed by atoms with Crippen molar-refractivity contribution >= 4 is 11.6 Å². The molecule has 0 aromatic carbocycles. The lowest BCUT2D eigenvalue weighted by Gasteiger charge is -2.14. The van der Waals surface area contributed by atoms with Crippen LogP contribution >= 0.6 is 11.6 Å². The molecule has 0 heterocycles. The minimum atomic E-state index is 0.440. The fourth-order valence-electron chi connectivity index (χ4n) is 1.24. The molecule has 0 radical (unpaired) electrons. The van der Waals surface area contributed by atoms with Crippen molar-refractivity contribution in [1.82, 2.24) is 0 Å². The highest BCUT2D eigenvalue weighted by molar-refractivity contribution is 6.17. The van der Waals surface area contributed by atoms with Gasteiger partial charge in [0.25, 0.3) is 0 Å². The first-order valence-corrected chi connectivity index (χ1v) is 5.56. The van der Waals surface area contributed by atoms with Gasteiger partial charge in [-0.05, 0) is 12.8 Å². The van der Waals surface area contributed by atoms with Crippen LogP contribution in [-0.2, 0) is 4.74 Å². The van der Waals surface area contributed by atoms with Crippen LogP contribution in [0.4, 0.5) is 0 Å². The van der Waals surface area contributed by atoms with Crippen LogP contribution in [0.3, 0.4) is 0 Å². The van der Waals surface area contributed by atoms with E-state index < -0.39 is 0 Å². The molecule has 12 heavy (non-hydrogen) atoms. The van der Waals surface area contributed by atoms with E-state index in [2.05, 4.69) is 13.8 Å². The average molecular weight is 193 g/mol. The molecule has 0 aromatic heterocycles. The van der Waals surface area contributed by atoms with Crippen molar-refractivity contribution in [2.75, 3.05) is 12.5 Å². The molecule has 0 spiro atoms. The molecule has 1 nitrogen and oxygen atoms in total. The summed E-state index contributed by atoms with van der Waals surface area (Å²) in [5, 5.41) is 0. The number of alkyl halides is 1. The second kappa shape index (κ2) is 9.34. The van der Waals surface area contributed by atoms with Gasteiger partial charge in [0.1, 0.15) is 0 Å². The molecule has 0 aliphatic carbocycles. The predicted octanol–water partition coefficient (Wildman–Crippen LogP) is 3.60. The molecule has 0 aliphatic heterocycles. The maximum atomic E-state index is 5.56. The third-order valence-electron chi connectivity index (χ3n) is 2.02. The van der Waals surface area contributed by atoms with E-state index in [0.717, 1.165) is 6.42 Å². The van der Waals surface area contributed by atoms with Gasteiger partial charge < -0.3 is 4.74 Å². The lowest BCUT2D eigenvalue weighted by molar-refractivity contribution is 0.0537. The van der Waals surface area contributed by atoms with Gasteiger partial charge in [0.2, 0.25) is 0 Å². The van der Waals surface area contributed by atoms with Crippen molar-refractivity contribution in [3.63, 3.8) is 0 Å². The average Bonchev–Trinajstić information content (AvgIpc) is 2.11. The summed E-state index contributed by atoms with van der Waals surface area (Å²) in [4.78, 5) is 0. The quantitative estimate of drug-likeness (QED) is 0.422. The molecule has 1 unspecified atom stereocenters. The standard InChI is InChI=1S/C10H21ClO/c1-3-5-6-7-10(4-2)12-9-8-11/h10H,3-9H2,1-2H3. The van der Waals surface area contributed by atoms with E-state index in [0.29, 0.717) is 18.6 Å². The van der Waals surface area contributed by atoms with Crippen LogP contribution in [0.25, 0.3) is 0 Å². The Hall–Kier alpha value is 0.250. The number of rotatable bonds is 8. The highest BCUT2D eigenvalue weighted by atomic mass is 35.5. The summed E-state index contributed by atoms with van der Waals surface area (Å²) in [6, 6.07) is 0. The molecule has 0 saturated carbocycles. The Labute approximate surface area is 81.4 Å². The minimum Gasteiger partial charge on any atom is -0.377 e. The Morgan fingerprint density at radius 3 is 2.50 bits per heavy atom. The zero-order chi connectivity index (χ0) is 9.23. The van der Waals surface area contributed by atoms with Gasteiger partial charge in [0, 0.05) is 5.88 Å². The summed E-state index contributed by atoms with van der Waals surface area (Å²) in [6.07, 6.45) is 6.64. The van der Waals surface area contributed by atoms with E-state index in [4.69, 9.17) is 16.3 Å². The number of halogens is 1. The van der Waals surface area contributed by atoms with Crippen molar-refractivity contribution in [1.29, 1.82) is 0 Å². The highest BCUT2D eigenvalue weighted by Crippen LogP contribution is 2.09. The van der Waals surface area contributed by atoms with E-state index in [1.165, 1.54) is 25.7 Å². The first-order valence-electron chi connectivity index (χ1n) is 5.02. The molecular weight excluding hydrogens is 172 g/mol. The van der Waals surface area contributed by atoms with Gasteiger partial charge in [0.05, 0.1) is 12.7 Å². The second-order valence-electron chi connectivity index (χ2n) is 3.09. The van der Waals surface area contributed by atoms with Crippen LogP contribution in [0.2, 0.25) is 0 Å². The zero-order valence-corrected chi connectivity index (χ0v) is 9.07. The van der Waals surface area contributed by atoms with Crippen molar-refractivity contribution in [2.45, 2.75) is 52.1 Å². The van der Waals surface area contributed by atoms with E-state index in [1.54, 1.807) is 0 Å². The molecule has 0 saturated heterocycles. The van der Waals surface area contributed by atoms with Gasteiger partial charge >= 0.3 is 0 Å². The smallest absolute Gasteiger partial charge is 0.0605 e. The monoisotopic (exact) mass is 192 g/mol. The number of hydrogen-bond acceptors (Lipinski definition) is 1. The summed E-state index contributed by atoms with van der Waals surface area (Å²) in [5.74, 6) is 0.615. The van der Waals surface area contributed by atoms with Gasteiger partial charge in [-0.15, -0.1) is 11.6 Å². The summed E-state index contributed by atoms with van der Waals surface area (Å²) >= 11 is 5.54. The molecule has 0 N–H and O–H groups in total. The maximum Gasteiger partial charge on any atom is 0.0605 e. The molecular formula is C10H21ClO. The van der Waals surface area contributed by atoms with E-state index in [9.17, 15) is 0 Å². The Balaban J connectivity index is 3.26. The minimum absolute atomic E-state index is 0.440. The number of hydrogen-bond donors (Lipinski definition) is 0. The molecule has 74 valence electrons. The Bertz CT molecular complexity index is 85.9. The van der Waals surface area contributed by atoms with Crippen molar-refractivity contribution in [3.8, 4) is 0 Å². The molecule has 0 aliphatic rings. The summed E-state index contributed by atoms with van der Waals surface area (Å²) in [7, 11) is 0. The summed E-state index contributed by atoms with van der Waals surface area (Å²) < 4.78 is 5.56. The van der Waals surface area contributed by atoms with E-state index >= 15 is 0 Å². The summed E-state index contributed by atoms with van der Waals surface area (Å²) in [5.41, 5.74) is 0. The van der Waals surface area contributed by atoms with Crippen LogP contribution < -0.4 is 0 Å². The fourth-order valence-corrected chi connectivity index (χ4v) is 1.33. The van der Waals surface area contributed by atoms with Gasteiger partial charge in [-0.1, -0.05) is 33.1 Å². The Kier molecular flexibility index (Phi) is 9.53. The molecule has 2 heteroatoms. The van der Waals surface area contributed by atoms with Crippen LogP contribution in [0, 0.1) is 0 Å². The fraction of sp³-hybridized carbons (Fsp3) is 1.00. The number of unbranched alkanes of at least 4 members (excludes halogenated alkanes) is 2. The number of ether oxygens (including phenoxy) is 1. The van der Waals surface area contributed by atoms with Gasteiger partial charge in [-0.3, -0.25) is 0 Å². The maximum absolute atomic E-state index is 5.56. The summed E-state index contributed by atoms with van der Waals surface area (Å²) in [6.45, 7) is 5.09. The van der Waals surface area contributed by atoms with Crippen molar-refractivity contribution in [3.05, 3.63) is 0 Å². The van der Waals surface area contributed by atoms with E-state index in [1.807, 2.05) is 0 Å². The molecule has 0 rings (SSSR count). The predicted molar refractivity (Wildman–Crippen MR) is 54.9 cm³/mol. The van der Waals surface area contributed by atoms with E-state index in [-0.39, 0.29) is 0 Å². The van der Waals surface area contributed by atoms with Crippen molar-refractivity contribution < 1.29 is 4.74 Å². The van der Waals surface area contributed by atoms with Crippen LogP contribution in [0.15, 0.2) is 0 Å². The van der Waals surface area contributed by atoms with Gasteiger partial charge in [0.15, 0.2) is 0 Å². The molecule has 1 atom stereocenters. The normalized spacial score (nSPS) is 13.2. The third-order valence-corrected chi connectivity index (χ3v) is 2.17. The van der Waals surface area contributed by atoms with Crippen LogP contribution in [-0.4, -0.2) is 18.6 Å². The third kappa shape index (κ3) is 6.93. The van der Waals surface area contributed by atoms with Gasteiger partial charge in [-0.2, -0.15) is 0 Å². The van der Waals surface area contributed by atoms with Gasteiger partial charge in [-0.25, -0.2) is 0 Å². The van der Waals surface area contributed by atoms with Crippen LogP contribution in [0.1, 0.15) is 46.0 Å². The molecule has 0 amide bonds. The lowest BCUT2D eigenvalue weighted by Crippen LogP contribution is -2.13. The second-order valence-corrected chi connectivity index (χ2v) is 3.46. The Morgan fingerprint density at radius 2 is 2.00 bits per heavy atom. The largest absolute Gasteiger partial charge is 0.377 e. The topological polar surface area (TPSA) is 9.23 Å². The zero-order valence-electron chi connectivity index (χ0n) is 8.31. The Morgan fingerprint density at radius 1 is 1.25 bits per heavy atom. The van der Waals surface area contributed by atoms with Crippen LogP contribution in [0.5, 0.6) is 0 Å². The molecule has 0 fully saturated rings. The van der Waals surface area contributed by atoms with Crippen molar-refractivity contribution in [2.24, 2.45) is 0 Å². The SMILES string of the molecule is CCCCCC(CC)OCCCl. The highest BCUT2D eigenvalue weighted by Gasteiger charge is 2.04. The first-order chi connectivity index (χ1) is 5.85. The molecule has 0 bridgehead atoms.